The van der Waals surface area contributed by atoms with Gasteiger partial charge in [0.15, 0.2) is 14.8 Å². The normalized spacial score (nSPS) is 19.6. The van der Waals surface area contributed by atoms with Gasteiger partial charge < -0.3 is 8.85 Å². The van der Waals surface area contributed by atoms with E-state index in [1.807, 2.05) is 0 Å². The monoisotopic (exact) mass is 458 g/mol. The Labute approximate surface area is 188 Å². The molecule has 0 aromatic rings. The van der Waals surface area contributed by atoms with Gasteiger partial charge in [-0.3, -0.25) is 4.79 Å². The molecule has 0 heterocycles. The van der Waals surface area contributed by atoms with Crippen LogP contribution in [0.2, 0.25) is 26.2 Å². The van der Waals surface area contributed by atoms with Crippen LogP contribution in [0.3, 0.4) is 0 Å². The molecule has 0 amide bonds. The predicted molar refractivity (Wildman–Crippen MR) is 134 cm³/mol. The fourth-order valence-electron chi connectivity index (χ4n) is 3.72. The summed E-state index contributed by atoms with van der Waals surface area (Å²) in [5.74, 6) is 2.54. The second-order valence-corrected chi connectivity index (χ2v) is 17.0. The van der Waals surface area contributed by atoms with E-state index in [0.717, 1.165) is 29.3 Å². The average Bonchev–Trinajstić information content (AvgIpc) is 2.84. The zero-order valence-corrected chi connectivity index (χ0v) is 23.8. The van der Waals surface area contributed by atoms with Crippen molar-refractivity contribution in [3.8, 4) is 0 Å². The number of ketones is 1. The topological polar surface area (TPSA) is 35.5 Å². The molecule has 1 aliphatic rings. The smallest absolute Gasteiger partial charge is 0.229 e. The molecule has 0 bridgehead atoms. The fourth-order valence-corrected chi connectivity index (χ4v) is 6.93. The third-order valence-corrected chi connectivity index (χ3v) is 8.16. The molecule has 2 atom stereocenters. The van der Waals surface area contributed by atoms with E-state index in [0.29, 0.717) is 18.3 Å². The third-order valence-electron chi connectivity index (χ3n) is 5.35. The lowest BCUT2D eigenvalue weighted by atomic mass is 9.79. The summed E-state index contributed by atoms with van der Waals surface area (Å²) in [4.78, 5) is 13.6. The summed E-state index contributed by atoms with van der Waals surface area (Å²) >= 11 is 1.74. The zero-order chi connectivity index (χ0) is 22.4. The van der Waals surface area contributed by atoms with Crippen molar-refractivity contribution < 1.29 is 13.6 Å². The van der Waals surface area contributed by atoms with Crippen molar-refractivity contribution >= 4 is 35.6 Å². The van der Waals surface area contributed by atoms with Crippen LogP contribution in [-0.2, 0) is 13.6 Å². The van der Waals surface area contributed by atoms with Crippen molar-refractivity contribution in [3.05, 3.63) is 10.7 Å². The highest BCUT2D eigenvalue weighted by Gasteiger charge is 2.40. The molecular weight excluding hydrogens is 412 g/mol. The van der Waals surface area contributed by atoms with E-state index in [4.69, 9.17) is 8.85 Å². The summed E-state index contributed by atoms with van der Waals surface area (Å²) in [7, 11) is -2.24. The van der Waals surface area contributed by atoms with E-state index in [2.05, 4.69) is 67.7 Å². The van der Waals surface area contributed by atoms with Gasteiger partial charge >= 0.3 is 0 Å². The molecule has 1 aliphatic carbocycles. The Hall–Kier alpha value is -0.0462. The molecular formula is C23H46O3SSi2. The number of Topliss-reactive ketones (excluding diaryl/α,β-unsaturated/α-hetero) is 1. The van der Waals surface area contributed by atoms with E-state index >= 15 is 0 Å². The first-order chi connectivity index (χ1) is 13.2. The maximum Gasteiger partial charge on any atom is 0.229 e. The number of allylic oxidation sites excluding steroid dienone is 2. The number of carbonyl (C=O) groups excluding carboxylic acids is 1. The molecule has 29 heavy (non-hydrogen) atoms. The van der Waals surface area contributed by atoms with Crippen molar-refractivity contribution in [1.82, 2.24) is 0 Å². The van der Waals surface area contributed by atoms with Crippen LogP contribution in [0, 0.1) is 16.7 Å². The van der Waals surface area contributed by atoms with E-state index in [1.54, 1.807) is 11.8 Å². The van der Waals surface area contributed by atoms with Gasteiger partial charge in [0.05, 0.1) is 4.91 Å². The Kier molecular flexibility index (Phi) is 10.7. The molecule has 0 aromatic carbocycles. The minimum Gasteiger partial charge on any atom is -0.549 e. The quantitative estimate of drug-likeness (QED) is 0.260. The van der Waals surface area contributed by atoms with Crippen LogP contribution in [0.25, 0.3) is 0 Å². The van der Waals surface area contributed by atoms with Crippen LogP contribution >= 0.6 is 11.8 Å². The van der Waals surface area contributed by atoms with E-state index < -0.39 is 18.1 Å². The van der Waals surface area contributed by atoms with Crippen LogP contribution in [0.15, 0.2) is 10.7 Å². The molecule has 0 aliphatic heterocycles. The highest BCUT2D eigenvalue weighted by molar-refractivity contribution is 8.04. The molecule has 0 fully saturated rings. The van der Waals surface area contributed by atoms with Crippen LogP contribution < -0.4 is 0 Å². The zero-order valence-electron chi connectivity index (χ0n) is 20.7. The van der Waals surface area contributed by atoms with Crippen molar-refractivity contribution in [2.24, 2.45) is 16.7 Å². The summed E-state index contributed by atoms with van der Waals surface area (Å²) in [5.41, 5.74) is 0.278. The van der Waals surface area contributed by atoms with Crippen molar-refractivity contribution in [3.63, 3.8) is 0 Å². The largest absolute Gasteiger partial charge is 0.549 e. The van der Waals surface area contributed by atoms with Gasteiger partial charge in [0.2, 0.25) is 9.04 Å². The highest BCUT2D eigenvalue weighted by Crippen LogP contribution is 2.45. The summed E-state index contributed by atoms with van der Waals surface area (Å²) < 4.78 is 12.6. The second kappa shape index (κ2) is 11.5. The summed E-state index contributed by atoms with van der Waals surface area (Å²) in [5, 5.41) is 0. The molecule has 0 radical (unpaired) electrons. The molecule has 1 rings (SSSR count). The molecule has 3 nitrogen and oxygen atoms in total. The Balaban J connectivity index is 2.57. The molecule has 0 N–H and O–H groups in total. The molecule has 2 unspecified atom stereocenters. The number of carbonyl (C=O) groups is 1. The minimum absolute atomic E-state index is 0.0677. The molecule has 170 valence electrons. The first-order valence-electron chi connectivity index (χ1n) is 11.5. The Bertz CT molecular complexity index is 559. The van der Waals surface area contributed by atoms with E-state index in [9.17, 15) is 4.79 Å². The van der Waals surface area contributed by atoms with Gasteiger partial charge in [-0.2, -0.15) is 0 Å². The Morgan fingerprint density at radius 3 is 2.10 bits per heavy atom. The Morgan fingerprint density at radius 2 is 1.62 bits per heavy atom. The SMILES string of the molecule is C[SiH](C)OC1=C(SCCCCCC(O[SiH](C)C)C(C)(C)C)C(=O)CC1C(C)(C)C. The maximum atomic E-state index is 12.7. The summed E-state index contributed by atoms with van der Waals surface area (Å²) in [6.07, 6.45) is 5.66. The van der Waals surface area contributed by atoms with Crippen molar-refractivity contribution in [1.29, 1.82) is 0 Å². The van der Waals surface area contributed by atoms with Gasteiger partial charge in [0.25, 0.3) is 0 Å². The van der Waals surface area contributed by atoms with Gasteiger partial charge in [0, 0.05) is 18.4 Å². The fraction of sp³-hybridized carbons (Fsp3) is 0.870. The number of hydrogen-bond acceptors (Lipinski definition) is 4. The lowest BCUT2D eigenvalue weighted by Gasteiger charge is -2.32. The van der Waals surface area contributed by atoms with E-state index in [-0.39, 0.29) is 16.7 Å². The van der Waals surface area contributed by atoms with Gasteiger partial charge in [0.1, 0.15) is 5.76 Å². The van der Waals surface area contributed by atoms with Gasteiger partial charge in [-0.15, -0.1) is 11.8 Å². The summed E-state index contributed by atoms with van der Waals surface area (Å²) in [6.45, 7) is 22.4. The van der Waals surface area contributed by atoms with Crippen LogP contribution in [0.1, 0.15) is 73.6 Å². The lowest BCUT2D eigenvalue weighted by molar-refractivity contribution is -0.115. The highest BCUT2D eigenvalue weighted by atomic mass is 32.2. The summed E-state index contributed by atoms with van der Waals surface area (Å²) in [6, 6.07) is 0. The third kappa shape index (κ3) is 9.32. The number of thioether (sulfide) groups is 1. The average molecular weight is 459 g/mol. The van der Waals surface area contributed by atoms with Crippen molar-refractivity contribution in [2.45, 2.75) is 106 Å². The van der Waals surface area contributed by atoms with Crippen molar-refractivity contribution in [2.75, 3.05) is 5.75 Å². The van der Waals surface area contributed by atoms with Gasteiger partial charge in [-0.05, 0) is 55.6 Å². The molecule has 0 saturated heterocycles. The molecule has 0 saturated carbocycles. The predicted octanol–water partition coefficient (Wildman–Crippen LogP) is 6.54. The molecule has 0 spiro atoms. The van der Waals surface area contributed by atoms with Crippen LogP contribution in [0.4, 0.5) is 0 Å². The lowest BCUT2D eigenvalue weighted by Crippen LogP contribution is -2.33. The van der Waals surface area contributed by atoms with Gasteiger partial charge in [-0.25, -0.2) is 0 Å². The Morgan fingerprint density at radius 1 is 1.00 bits per heavy atom. The van der Waals surface area contributed by atoms with Crippen LogP contribution in [-0.4, -0.2) is 35.7 Å². The molecule has 0 aromatic heterocycles. The minimum atomic E-state index is -1.23. The second-order valence-electron chi connectivity index (χ2n) is 11.1. The maximum absolute atomic E-state index is 12.7. The standard InChI is InChI=1S/C23H46O3SSi2/c1-22(2,3)17-16-18(24)21(20(17)26-29(9)10)27-15-13-11-12-14-19(23(4,5)6)25-28(7)8/h17,19,28-29H,11-16H2,1-10H3. The number of hydrogen-bond donors (Lipinski definition) is 0. The number of rotatable bonds is 11. The number of unbranched alkanes of at least 4 members (excludes halogenated alkanes) is 2. The first kappa shape index (κ1) is 27.0. The van der Waals surface area contributed by atoms with Crippen LogP contribution in [0.5, 0.6) is 0 Å². The van der Waals surface area contributed by atoms with Gasteiger partial charge in [-0.1, -0.05) is 54.4 Å². The first-order valence-corrected chi connectivity index (χ1v) is 18.0. The molecule has 6 heteroatoms. The van der Waals surface area contributed by atoms with E-state index in [1.165, 1.54) is 12.8 Å².